The highest BCUT2D eigenvalue weighted by Crippen LogP contribution is 2.17. The van der Waals surface area contributed by atoms with Crippen LogP contribution in [0.3, 0.4) is 0 Å². The quantitative estimate of drug-likeness (QED) is 0.777. The van der Waals surface area contributed by atoms with Crippen molar-refractivity contribution in [3.8, 4) is 0 Å². The smallest absolute Gasteiger partial charge is 0.262 e. The van der Waals surface area contributed by atoms with Crippen LogP contribution in [0.15, 0.2) is 35.8 Å². The summed E-state index contributed by atoms with van der Waals surface area (Å²) in [5.41, 5.74) is 0.624. The Bertz CT molecular complexity index is 783. The topological polar surface area (TPSA) is 77.6 Å². The summed E-state index contributed by atoms with van der Waals surface area (Å²) in [7, 11) is 2.12. The number of nitrogens with one attached hydrogen (secondary N) is 2. The van der Waals surface area contributed by atoms with Gasteiger partial charge in [0.25, 0.3) is 5.91 Å². The molecule has 1 atom stereocenters. The summed E-state index contributed by atoms with van der Waals surface area (Å²) in [5.74, 6) is 0.403. The lowest BCUT2D eigenvalue weighted by molar-refractivity contribution is -0.118. The average molecular weight is 402 g/mol. The summed E-state index contributed by atoms with van der Waals surface area (Å²) < 4.78 is 0. The normalized spacial score (nSPS) is 16.1. The minimum atomic E-state index is -0.619. The van der Waals surface area contributed by atoms with Gasteiger partial charge in [0.05, 0.1) is 16.8 Å². The number of pyridine rings is 1. The summed E-state index contributed by atoms with van der Waals surface area (Å²) >= 11 is 1.35. The number of thiophene rings is 1. The first-order chi connectivity index (χ1) is 13.4. The van der Waals surface area contributed by atoms with E-state index in [1.807, 2.05) is 37.4 Å². The van der Waals surface area contributed by atoms with Gasteiger partial charge in [0.2, 0.25) is 5.91 Å². The maximum Gasteiger partial charge on any atom is 0.262 e. The maximum absolute atomic E-state index is 12.7. The monoisotopic (exact) mass is 401 g/mol. The van der Waals surface area contributed by atoms with Gasteiger partial charge in [0, 0.05) is 26.2 Å². The highest BCUT2D eigenvalue weighted by atomic mass is 32.1. The minimum absolute atomic E-state index is 0.0403. The summed E-state index contributed by atoms with van der Waals surface area (Å²) in [6.07, 6.45) is 1.67. The van der Waals surface area contributed by atoms with Crippen LogP contribution < -0.4 is 15.5 Å². The number of rotatable bonds is 6. The van der Waals surface area contributed by atoms with Crippen LogP contribution in [-0.2, 0) is 4.79 Å². The fourth-order valence-corrected chi connectivity index (χ4v) is 3.68. The van der Waals surface area contributed by atoms with Gasteiger partial charge in [-0.2, -0.15) is 0 Å². The highest BCUT2D eigenvalue weighted by Gasteiger charge is 2.25. The van der Waals surface area contributed by atoms with Crippen molar-refractivity contribution in [3.63, 3.8) is 0 Å². The van der Waals surface area contributed by atoms with Crippen LogP contribution in [0.2, 0.25) is 0 Å². The molecule has 2 aromatic heterocycles. The van der Waals surface area contributed by atoms with Crippen LogP contribution in [0, 0.1) is 5.92 Å². The van der Waals surface area contributed by atoms with Gasteiger partial charge in [-0.1, -0.05) is 19.9 Å². The SMILES string of the molecule is CC(C)C(NC(=O)c1cccs1)C(=O)Nc1ccc(N2CCN(C)CC2)nc1. The zero-order chi connectivity index (χ0) is 20.1. The lowest BCUT2D eigenvalue weighted by atomic mass is 10.0. The number of hydrogen-bond donors (Lipinski definition) is 2. The molecular formula is C20H27N5O2S. The minimum Gasteiger partial charge on any atom is -0.354 e. The molecule has 1 unspecified atom stereocenters. The largest absolute Gasteiger partial charge is 0.354 e. The first-order valence-electron chi connectivity index (χ1n) is 9.49. The summed E-state index contributed by atoms with van der Waals surface area (Å²) in [4.78, 5) is 34.7. The highest BCUT2D eigenvalue weighted by molar-refractivity contribution is 7.12. The summed E-state index contributed by atoms with van der Waals surface area (Å²) in [5, 5.41) is 7.54. The summed E-state index contributed by atoms with van der Waals surface area (Å²) in [6.45, 7) is 7.74. The van der Waals surface area contributed by atoms with Gasteiger partial charge in [-0.3, -0.25) is 9.59 Å². The number of anilines is 2. The van der Waals surface area contributed by atoms with E-state index in [4.69, 9.17) is 0 Å². The van der Waals surface area contributed by atoms with E-state index in [1.165, 1.54) is 11.3 Å². The second-order valence-corrected chi connectivity index (χ2v) is 8.30. The Morgan fingerprint density at radius 2 is 1.89 bits per heavy atom. The van der Waals surface area contributed by atoms with Crippen molar-refractivity contribution >= 4 is 34.7 Å². The van der Waals surface area contributed by atoms with E-state index in [0.717, 1.165) is 32.0 Å². The molecule has 0 bridgehead atoms. The first-order valence-corrected chi connectivity index (χ1v) is 10.4. The van der Waals surface area contributed by atoms with Gasteiger partial charge in [-0.15, -0.1) is 11.3 Å². The van der Waals surface area contributed by atoms with Crippen LogP contribution in [-0.4, -0.2) is 61.0 Å². The molecule has 3 rings (SSSR count). The van der Waals surface area contributed by atoms with Gasteiger partial charge in [-0.25, -0.2) is 4.98 Å². The standard InChI is InChI=1S/C20H27N5O2S/c1-14(2)18(23-19(26)16-5-4-12-28-16)20(27)22-15-6-7-17(21-13-15)25-10-8-24(3)9-11-25/h4-7,12-14,18H,8-11H2,1-3H3,(H,22,27)(H,23,26). The molecule has 2 amide bonds. The Morgan fingerprint density at radius 3 is 2.46 bits per heavy atom. The second kappa shape index (κ2) is 9.16. The predicted octanol–water partition coefficient (Wildman–Crippen LogP) is 2.29. The third kappa shape index (κ3) is 5.08. The van der Waals surface area contributed by atoms with Gasteiger partial charge >= 0.3 is 0 Å². The molecule has 1 fully saturated rings. The Hall–Kier alpha value is -2.45. The molecule has 0 spiro atoms. The summed E-state index contributed by atoms with van der Waals surface area (Å²) in [6, 6.07) is 6.73. The second-order valence-electron chi connectivity index (χ2n) is 7.36. The van der Waals surface area contributed by atoms with Crippen LogP contribution in [0.25, 0.3) is 0 Å². The Labute approximate surface area is 169 Å². The van der Waals surface area contributed by atoms with Gasteiger partial charge in [0.15, 0.2) is 0 Å². The number of nitrogens with zero attached hydrogens (tertiary/aromatic N) is 3. The number of aromatic nitrogens is 1. The van der Waals surface area contributed by atoms with E-state index in [9.17, 15) is 9.59 Å². The molecule has 1 saturated heterocycles. The van der Waals surface area contributed by atoms with Crippen molar-refractivity contribution in [1.82, 2.24) is 15.2 Å². The molecule has 150 valence electrons. The Kier molecular flexibility index (Phi) is 6.64. The molecule has 2 aromatic rings. The molecule has 1 aliphatic heterocycles. The molecule has 3 heterocycles. The molecule has 1 aliphatic rings. The molecule has 0 aliphatic carbocycles. The number of carbonyl (C=O) groups excluding carboxylic acids is 2. The number of piperazine rings is 1. The zero-order valence-electron chi connectivity index (χ0n) is 16.5. The lowest BCUT2D eigenvalue weighted by Crippen LogP contribution is -2.47. The van der Waals surface area contributed by atoms with Crippen LogP contribution in [0.4, 0.5) is 11.5 Å². The van der Waals surface area contributed by atoms with E-state index < -0.39 is 6.04 Å². The molecule has 7 nitrogen and oxygen atoms in total. The molecule has 0 saturated carbocycles. The Morgan fingerprint density at radius 1 is 1.14 bits per heavy atom. The zero-order valence-corrected chi connectivity index (χ0v) is 17.3. The Balaban J connectivity index is 1.60. The lowest BCUT2D eigenvalue weighted by Gasteiger charge is -2.33. The third-order valence-corrected chi connectivity index (χ3v) is 5.69. The number of carbonyl (C=O) groups is 2. The van der Waals surface area contributed by atoms with E-state index in [1.54, 1.807) is 12.3 Å². The van der Waals surface area contributed by atoms with Crippen LogP contribution in [0.1, 0.15) is 23.5 Å². The van der Waals surface area contributed by atoms with Crippen LogP contribution >= 0.6 is 11.3 Å². The van der Waals surface area contributed by atoms with E-state index in [-0.39, 0.29) is 17.7 Å². The predicted molar refractivity (Wildman–Crippen MR) is 113 cm³/mol. The van der Waals surface area contributed by atoms with Crippen molar-refractivity contribution in [2.45, 2.75) is 19.9 Å². The van der Waals surface area contributed by atoms with Gasteiger partial charge in [0.1, 0.15) is 11.9 Å². The molecular weight excluding hydrogens is 374 g/mol. The number of likely N-dealkylation sites (N-methyl/N-ethyl adjacent to an activating group) is 1. The fraction of sp³-hybridized carbons (Fsp3) is 0.450. The number of hydrogen-bond acceptors (Lipinski definition) is 6. The van der Waals surface area contributed by atoms with Crippen molar-refractivity contribution in [1.29, 1.82) is 0 Å². The molecule has 28 heavy (non-hydrogen) atoms. The maximum atomic E-state index is 12.7. The van der Waals surface area contributed by atoms with Gasteiger partial charge in [-0.05, 0) is 36.5 Å². The number of amides is 2. The fourth-order valence-electron chi connectivity index (χ4n) is 3.06. The van der Waals surface area contributed by atoms with Crippen LogP contribution in [0.5, 0.6) is 0 Å². The average Bonchev–Trinajstić information content (AvgIpc) is 3.22. The molecule has 0 aromatic carbocycles. The van der Waals surface area contributed by atoms with Gasteiger partial charge < -0.3 is 20.4 Å². The van der Waals surface area contributed by atoms with Crippen molar-refractivity contribution < 1.29 is 9.59 Å². The molecule has 8 heteroatoms. The van der Waals surface area contributed by atoms with E-state index >= 15 is 0 Å². The van der Waals surface area contributed by atoms with E-state index in [2.05, 4.69) is 32.5 Å². The molecule has 2 N–H and O–H groups in total. The van der Waals surface area contributed by atoms with Crippen molar-refractivity contribution in [2.75, 3.05) is 43.4 Å². The third-order valence-electron chi connectivity index (χ3n) is 4.82. The van der Waals surface area contributed by atoms with E-state index in [0.29, 0.717) is 10.6 Å². The van der Waals surface area contributed by atoms with Crippen molar-refractivity contribution in [3.05, 3.63) is 40.7 Å². The van der Waals surface area contributed by atoms with Crippen molar-refractivity contribution in [2.24, 2.45) is 5.92 Å². The first kappa shape index (κ1) is 20.3. The molecule has 0 radical (unpaired) electrons.